The molecule has 3 aromatic rings. The molecule has 0 saturated heterocycles. The molecule has 0 bridgehead atoms. The van der Waals surface area contributed by atoms with Crippen molar-refractivity contribution in [3.8, 4) is 0 Å². The molecule has 6 heteroatoms. The van der Waals surface area contributed by atoms with Gasteiger partial charge in [-0.2, -0.15) is 0 Å². The van der Waals surface area contributed by atoms with Crippen molar-refractivity contribution >= 4 is 28.0 Å². The standard InChI is InChI=1S/C16H17N3O2S/c1-3-12(19-21-2)14-9-22-16(18-14)15(20)11-8-17-13-7-5-4-6-10(11)13/h4-9,15,17,20H,3H2,1-2H3/b19-12+. The molecule has 0 saturated carbocycles. The highest BCUT2D eigenvalue weighted by atomic mass is 32.1. The molecule has 0 aliphatic rings. The molecule has 1 atom stereocenters. The number of benzene rings is 1. The largest absolute Gasteiger partial charge is 0.399 e. The normalized spacial score (nSPS) is 13.5. The van der Waals surface area contributed by atoms with E-state index in [-0.39, 0.29) is 0 Å². The summed E-state index contributed by atoms with van der Waals surface area (Å²) in [5.41, 5.74) is 3.36. The summed E-state index contributed by atoms with van der Waals surface area (Å²) >= 11 is 1.42. The summed E-state index contributed by atoms with van der Waals surface area (Å²) in [5, 5.41) is 18.2. The van der Waals surface area contributed by atoms with Crippen LogP contribution in [-0.2, 0) is 4.84 Å². The number of nitrogens with one attached hydrogen (secondary N) is 1. The van der Waals surface area contributed by atoms with Crippen LogP contribution in [-0.4, -0.2) is 27.9 Å². The van der Waals surface area contributed by atoms with Crippen molar-refractivity contribution in [2.24, 2.45) is 5.16 Å². The Morgan fingerprint density at radius 1 is 1.45 bits per heavy atom. The summed E-state index contributed by atoms with van der Waals surface area (Å²) in [5.74, 6) is 0. The Hall–Kier alpha value is -2.18. The van der Waals surface area contributed by atoms with Gasteiger partial charge in [0.05, 0.1) is 5.69 Å². The molecule has 3 rings (SSSR count). The SMILES string of the molecule is CC/C(=N\OC)c1csc(C(O)c2c[nH]c3ccccc23)n1. The van der Waals surface area contributed by atoms with Gasteiger partial charge in [0.2, 0.25) is 0 Å². The van der Waals surface area contributed by atoms with Crippen molar-refractivity contribution in [3.05, 3.63) is 52.1 Å². The van der Waals surface area contributed by atoms with E-state index < -0.39 is 6.10 Å². The number of aliphatic hydroxyl groups excluding tert-OH is 1. The molecule has 0 aliphatic carbocycles. The fourth-order valence-corrected chi connectivity index (χ4v) is 3.23. The number of aliphatic hydroxyl groups is 1. The lowest BCUT2D eigenvalue weighted by molar-refractivity contribution is 0.212. The highest BCUT2D eigenvalue weighted by molar-refractivity contribution is 7.10. The number of aromatic amines is 1. The number of nitrogens with zero attached hydrogens (tertiary/aromatic N) is 2. The summed E-state index contributed by atoms with van der Waals surface area (Å²) in [6.07, 6.45) is 1.80. The molecule has 0 amide bonds. The first-order valence-corrected chi connectivity index (χ1v) is 7.92. The van der Waals surface area contributed by atoms with Crippen molar-refractivity contribution < 1.29 is 9.94 Å². The van der Waals surface area contributed by atoms with Gasteiger partial charge in [-0.05, 0) is 12.5 Å². The second-order valence-corrected chi connectivity index (χ2v) is 5.73. The lowest BCUT2D eigenvalue weighted by Crippen LogP contribution is -2.03. The average molecular weight is 315 g/mol. The Morgan fingerprint density at radius 2 is 2.27 bits per heavy atom. The maximum atomic E-state index is 10.6. The van der Waals surface area contributed by atoms with E-state index in [0.29, 0.717) is 5.01 Å². The van der Waals surface area contributed by atoms with Crippen molar-refractivity contribution in [3.63, 3.8) is 0 Å². The van der Waals surface area contributed by atoms with E-state index in [0.717, 1.165) is 34.3 Å². The van der Waals surface area contributed by atoms with Gasteiger partial charge >= 0.3 is 0 Å². The summed E-state index contributed by atoms with van der Waals surface area (Å²) in [7, 11) is 1.52. The van der Waals surface area contributed by atoms with Crippen LogP contribution in [0.3, 0.4) is 0 Å². The molecule has 0 radical (unpaired) electrons. The van der Waals surface area contributed by atoms with Gasteiger partial charge in [0.15, 0.2) is 0 Å². The topological polar surface area (TPSA) is 70.5 Å². The third-order valence-electron chi connectivity index (χ3n) is 3.50. The Morgan fingerprint density at radius 3 is 3.05 bits per heavy atom. The van der Waals surface area contributed by atoms with Crippen LogP contribution in [0.15, 0.2) is 41.0 Å². The van der Waals surface area contributed by atoms with Crippen LogP contribution in [0.25, 0.3) is 10.9 Å². The number of fused-ring (bicyclic) bond motifs is 1. The molecule has 114 valence electrons. The molecular weight excluding hydrogens is 298 g/mol. The highest BCUT2D eigenvalue weighted by Gasteiger charge is 2.19. The van der Waals surface area contributed by atoms with E-state index in [2.05, 4.69) is 15.1 Å². The van der Waals surface area contributed by atoms with Crippen LogP contribution in [0, 0.1) is 0 Å². The fourth-order valence-electron chi connectivity index (χ4n) is 2.40. The number of oxime groups is 1. The Balaban J connectivity index is 1.94. The zero-order valence-corrected chi connectivity index (χ0v) is 13.2. The summed E-state index contributed by atoms with van der Waals surface area (Å²) in [6.45, 7) is 1.99. The van der Waals surface area contributed by atoms with Gasteiger partial charge in [0.1, 0.15) is 23.9 Å². The molecular formula is C16H17N3O2S. The predicted molar refractivity (Wildman–Crippen MR) is 88.3 cm³/mol. The summed E-state index contributed by atoms with van der Waals surface area (Å²) in [6, 6.07) is 7.90. The molecule has 0 spiro atoms. The monoisotopic (exact) mass is 315 g/mol. The number of aromatic nitrogens is 2. The van der Waals surface area contributed by atoms with Crippen molar-refractivity contribution in [1.29, 1.82) is 0 Å². The van der Waals surface area contributed by atoms with Crippen LogP contribution >= 0.6 is 11.3 Å². The van der Waals surface area contributed by atoms with Gasteiger partial charge in [-0.1, -0.05) is 30.3 Å². The van der Waals surface area contributed by atoms with Gasteiger partial charge < -0.3 is 14.9 Å². The van der Waals surface area contributed by atoms with Crippen molar-refractivity contribution in [1.82, 2.24) is 9.97 Å². The molecule has 0 fully saturated rings. The molecule has 5 nitrogen and oxygen atoms in total. The van der Waals surface area contributed by atoms with E-state index in [1.54, 1.807) is 0 Å². The first-order chi connectivity index (χ1) is 10.7. The molecule has 1 aromatic carbocycles. The molecule has 2 aromatic heterocycles. The predicted octanol–water partition coefficient (Wildman–Crippen LogP) is 3.47. The number of rotatable bonds is 5. The number of hydrogen-bond acceptors (Lipinski definition) is 5. The van der Waals surface area contributed by atoms with Gasteiger partial charge in [0, 0.05) is 28.0 Å². The van der Waals surface area contributed by atoms with Gasteiger partial charge in [-0.15, -0.1) is 11.3 Å². The Kier molecular flexibility index (Phi) is 4.22. The van der Waals surface area contributed by atoms with Crippen LogP contribution in [0.4, 0.5) is 0 Å². The molecule has 22 heavy (non-hydrogen) atoms. The second-order valence-electron chi connectivity index (χ2n) is 4.84. The Labute approximate surface area is 132 Å². The van der Waals surface area contributed by atoms with Crippen LogP contribution < -0.4 is 0 Å². The minimum absolute atomic E-state index is 0.650. The average Bonchev–Trinajstić information content (AvgIpc) is 3.19. The van der Waals surface area contributed by atoms with E-state index >= 15 is 0 Å². The van der Waals surface area contributed by atoms with Crippen LogP contribution in [0.5, 0.6) is 0 Å². The maximum absolute atomic E-state index is 10.6. The number of H-pyrrole nitrogens is 1. The minimum Gasteiger partial charge on any atom is -0.399 e. The summed E-state index contributed by atoms with van der Waals surface area (Å²) in [4.78, 5) is 12.5. The Bertz CT molecular complexity index is 806. The molecule has 2 heterocycles. The van der Waals surface area contributed by atoms with Gasteiger partial charge in [-0.25, -0.2) is 4.98 Å². The lowest BCUT2D eigenvalue weighted by atomic mass is 10.1. The molecule has 2 N–H and O–H groups in total. The summed E-state index contributed by atoms with van der Waals surface area (Å²) < 4.78 is 0. The second kappa shape index (κ2) is 6.29. The lowest BCUT2D eigenvalue weighted by Gasteiger charge is -2.06. The van der Waals surface area contributed by atoms with Crippen molar-refractivity contribution in [2.45, 2.75) is 19.4 Å². The quantitative estimate of drug-likeness (QED) is 0.559. The van der Waals surface area contributed by atoms with Gasteiger partial charge in [-0.3, -0.25) is 0 Å². The minimum atomic E-state index is -0.754. The zero-order valence-electron chi connectivity index (χ0n) is 12.4. The van der Waals surface area contributed by atoms with Gasteiger partial charge in [0.25, 0.3) is 0 Å². The van der Waals surface area contributed by atoms with Crippen LogP contribution in [0.2, 0.25) is 0 Å². The number of thiazole rings is 1. The molecule has 1 unspecified atom stereocenters. The first-order valence-electron chi connectivity index (χ1n) is 7.04. The molecule has 0 aliphatic heterocycles. The van der Waals surface area contributed by atoms with Crippen molar-refractivity contribution in [2.75, 3.05) is 7.11 Å². The van der Waals surface area contributed by atoms with Crippen LogP contribution in [0.1, 0.15) is 35.7 Å². The number of para-hydroxylation sites is 1. The van der Waals surface area contributed by atoms with E-state index in [1.165, 1.54) is 18.4 Å². The zero-order chi connectivity index (χ0) is 15.5. The third-order valence-corrected chi connectivity index (χ3v) is 4.40. The van der Waals surface area contributed by atoms with E-state index in [1.807, 2.05) is 42.8 Å². The van der Waals surface area contributed by atoms with E-state index in [9.17, 15) is 5.11 Å². The maximum Gasteiger partial charge on any atom is 0.133 e. The smallest absolute Gasteiger partial charge is 0.133 e. The fraction of sp³-hybridized carbons (Fsp3) is 0.250. The highest BCUT2D eigenvalue weighted by Crippen LogP contribution is 2.30. The number of hydrogen-bond donors (Lipinski definition) is 2. The third kappa shape index (κ3) is 2.63. The first kappa shape index (κ1) is 14.7. The van der Waals surface area contributed by atoms with E-state index in [4.69, 9.17) is 4.84 Å².